The molecule has 0 spiro atoms. The van der Waals surface area contributed by atoms with Gasteiger partial charge < -0.3 is 11.1 Å². The molecule has 0 aliphatic carbocycles. The van der Waals surface area contributed by atoms with Crippen molar-refractivity contribution in [3.63, 3.8) is 0 Å². The Morgan fingerprint density at radius 3 is 2.93 bits per heavy atom. The van der Waals surface area contributed by atoms with Crippen molar-refractivity contribution < 1.29 is 4.79 Å². The van der Waals surface area contributed by atoms with Gasteiger partial charge >= 0.3 is 0 Å². The number of carbonyl (C=O) groups excluding carboxylic acids is 1. The number of nitrogens with one attached hydrogen (secondary N) is 1. The smallest absolute Gasteiger partial charge is 0.219 e. The van der Waals surface area contributed by atoms with Gasteiger partial charge in [0.25, 0.3) is 0 Å². The topological polar surface area (TPSA) is 72.9 Å². The molecule has 3 N–H and O–H groups in total. The fraction of sp³-hybridized carbons (Fsp3) is 0.556. The first kappa shape index (κ1) is 10.7. The summed E-state index contributed by atoms with van der Waals surface area (Å²) in [6.45, 7) is 2.84. The van der Waals surface area contributed by atoms with E-state index in [1.54, 1.807) is 13.2 Å². The van der Waals surface area contributed by atoms with Crippen LogP contribution in [0.25, 0.3) is 0 Å². The minimum absolute atomic E-state index is 0.0344. The predicted molar refractivity (Wildman–Crippen MR) is 53.5 cm³/mol. The molecule has 1 aromatic heterocycles. The lowest BCUT2D eigenvalue weighted by Gasteiger charge is -2.11. The molecule has 0 aliphatic rings. The third-order valence-electron chi connectivity index (χ3n) is 2.13. The van der Waals surface area contributed by atoms with Crippen molar-refractivity contribution in [2.75, 3.05) is 7.05 Å². The molecule has 1 amide bonds. The maximum atomic E-state index is 10.8. The van der Waals surface area contributed by atoms with E-state index in [2.05, 4.69) is 10.4 Å². The highest BCUT2D eigenvalue weighted by molar-refractivity contribution is 5.74. The predicted octanol–water partition coefficient (Wildman–Crippen LogP) is 0.0389. The molecule has 0 radical (unpaired) electrons. The third kappa shape index (κ3) is 2.56. The molecule has 1 atom stereocenters. The minimum atomic E-state index is -0.311. The normalized spacial score (nSPS) is 12.7. The lowest BCUT2D eigenvalue weighted by molar-refractivity contribution is -0.118. The van der Waals surface area contributed by atoms with Crippen LogP contribution in [0.15, 0.2) is 12.4 Å². The van der Waals surface area contributed by atoms with Gasteiger partial charge in [-0.05, 0) is 14.0 Å². The molecule has 1 aromatic rings. The number of carbonyl (C=O) groups is 1. The van der Waals surface area contributed by atoms with Crippen molar-refractivity contribution in [3.05, 3.63) is 18.0 Å². The second-order valence-corrected chi connectivity index (χ2v) is 3.14. The number of hydrogen-bond donors (Lipinski definition) is 2. The van der Waals surface area contributed by atoms with Crippen LogP contribution >= 0.6 is 0 Å². The summed E-state index contributed by atoms with van der Waals surface area (Å²) in [4.78, 5) is 10.8. The van der Waals surface area contributed by atoms with Crippen LogP contribution in [0.2, 0.25) is 0 Å². The Labute approximate surface area is 83.3 Å². The molecule has 78 valence electrons. The highest BCUT2D eigenvalue weighted by Crippen LogP contribution is 2.14. The molecular weight excluding hydrogens is 180 g/mol. The Bertz CT molecular complexity index is 308. The number of rotatable bonds is 5. The second kappa shape index (κ2) is 4.76. The molecule has 0 aromatic carbocycles. The molecule has 0 bridgehead atoms. The average Bonchev–Trinajstić information content (AvgIpc) is 2.62. The molecule has 1 heterocycles. The van der Waals surface area contributed by atoms with Crippen LogP contribution in [0, 0.1) is 0 Å². The fourth-order valence-corrected chi connectivity index (χ4v) is 1.32. The largest absolute Gasteiger partial charge is 0.370 e. The SMILES string of the molecule is CCn1cc(C(CC(N)=O)NC)cn1. The molecule has 14 heavy (non-hydrogen) atoms. The maximum Gasteiger partial charge on any atom is 0.219 e. The van der Waals surface area contributed by atoms with Gasteiger partial charge in [0.05, 0.1) is 6.20 Å². The number of nitrogens with zero attached hydrogens (tertiary/aromatic N) is 2. The zero-order chi connectivity index (χ0) is 10.6. The molecule has 0 aliphatic heterocycles. The Morgan fingerprint density at radius 1 is 1.79 bits per heavy atom. The van der Waals surface area contributed by atoms with Gasteiger partial charge in [-0.2, -0.15) is 5.10 Å². The van der Waals surface area contributed by atoms with Crippen molar-refractivity contribution in [1.29, 1.82) is 0 Å². The average molecular weight is 196 g/mol. The van der Waals surface area contributed by atoms with Crippen LogP contribution in [0.1, 0.15) is 24.9 Å². The molecule has 0 saturated heterocycles. The van der Waals surface area contributed by atoms with Crippen molar-refractivity contribution in [1.82, 2.24) is 15.1 Å². The van der Waals surface area contributed by atoms with Gasteiger partial charge in [-0.1, -0.05) is 0 Å². The van der Waals surface area contributed by atoms with E-state index in [-0.39, 0.29) is 11.9 Å². The van der Waals surface area contributed by atoms with Crippen LogP contribution in [0.3, 0.4) is 0 Å². The molecule has 5 heteroatoms. The van der Waals surface area contributed by atoms with E-state index in [0.717, 1.165) is 12.1 Å². The van der Waals surface area contributed by atoms with Gasteiger partial charge in [0.1, 0.15) is 0 Å². The molecule has 1 unspecified atom stereocenters. The first-order valence-corrected chi connectivity index (χ1v) is 4.65. The standard InChI is InChI=1S/C9H16N4O/c1-3-13-6-7(5-12-13)8(11-2)4-9(10)14/h5-6,8,11H,3-4H2,1-2H3,(H2,10,14). The second-order valence-electron chi connectivity index (χ2n) is 3.14. The zero-order valence-electron chi connectivity index (χ0n) is 8.53. The van der Waals surface area contributed by atoms with E-state index in [4.69, 9.17) is 5.73 Å². The van der Waals surface area contributed by atoms with E-state index in [1.165, 1.54) is 0 Å². The van der Waals surface area contributed by atoms with Crippen molar-refractivity contribution in [2.45, 2.75) is 25.9 Å². The highest BCUT2D eigenvalue weighted by atomic mass is 16.1. The van der Waals surface area contributed by atoms with Gasteiger partial charge in [-0.3, -0.25) is 9.48 Å². The summed E-state index contributed by atoms with van der Waals surface area (Å²) in [5.41, 5.74) is 6.13. The van der Waals surface area contributed by atoms with Gasteiger partial charge in [-0.25, -0.2) is 0 Å². The number of aryl methyl sites for hydroxylation is 1. The number of hydrogen-bond acceptors (Lipinski definition) is 3. The third-order valence-corrected chi connectivity index (χ3v) is 2.13. The fourth-order valence-electron chi connectivity index (χ4n) is 1.32. The van der Waals surface area contributed by atoms with Gasteiger partial charge in [0.2, 0.25) is 5.91 Å². The van der Waals surface area contributed by atoms with E-state index >= 15 is 0 Å². The zero-order valence-corrected chi connectivity index (χ0v) is 8.53. The van der Waals surface area contributed by atoms with Crippen LogP contribution in [0.5, 0.6) is 0 Å². The van der Waals surface area contributed by atoms with Crippen molar-refractivity contribution in [2.24, 2.45) is 5.73 Å². The maximum absolute atomic E-state index is 10.8. The summed E-state index contributed by atoms with van der Waals surface area (Å²) in [6, 6.07) is -0.0344. The van der Waals surface area contributed by atoms with E-state index in [9.17, 15) is 4.79 Å². The minimum Gasteiger partial charge on any atom is -0.370 e. The van der Waals surface area contributed by atoms with Crippen molar-refractivity contribution >= 4 is 5.91 Å². The molecular formula is C9H16N4O. The first-order valence-electron chi connectivity index (χ1n) is 4.65. The Hall–Kier alpha value is -1.36. The molecule has 1 rings (SSSR count). The molecule has 0 saturated carbocycles. The van der Waals surface area contributed by atoms with Gasteiger partial charge in [0.15, 0.2) is 0 Å². The summed E-state index contributed by atoms with van der Waals surface area (Å²) in [5, 5.41) is 7.17. The number of aromatic nitrogens is 2. The quantitative estimate of drug-likeness (QED) is 0.698. The first-order chi connectivity index (χ1) is 6.67. The summed E-state index contributed by atoms with van der Waals surface area (Å²) >= 11 is 0. The molecule has 5 nitrogen and oxygen atoms in total. The number of amides is 1. The van der Waals surface area contributed by atoms with Gasteiger partial charge in [0, 0.05) is 30.8 Å². The summed E-state index contributed by atoms with van der Waals surface area (Å²) in [7, 11) is 1.80. The lowest BCUT2D eigenvalue weighted by Crippen LogP contribution is -2.23. The number of primary amides is 1. The van der Waals surface area contributed by atoms with E-state index in [0.29, 0.717) is 6.42 Å². The molecule has 0 fully saturated rings. The Morgan fingerprint density at radius 2 is 2.50 bits per heavy atom. The Balaban J connectivity index is 2.73. The monoisotopic (exact) mass is 196 g/mol. The van der Waals surface area contributed by atoms with Crippen LogP contribution in [-0.4, -0.2) is 22.7 Å². The highest BCUT2D eigenvalue weighted by Gasteiger charge is 2.13. The lowest BCUT2D eigenvalue weighted by atomic mass is 10.1. The van der Waals surface area contributed by atoms with Gasteiger partial charge in [-0.15, -0.1) is 0 Å². The van der Waals surface area contributed by atoms with E-state index in [1.807, 2.05) is 17.8 Å². The Kier molecular flexibility index (Phi) is 3.64. The van der Waals surface area contributed by atoms with Crippen molar-refractivity contribution in [3.8, 4) is 0 Å². The van der Waals surface area contributed by atoms with Crippen LogP contribution in [0.4, 0.5) is 0 Å². The summed E-state index contributed by atoms with van der Waals surface area (Å²) in [5.74, 6) is -0.311. The number of nitrogens with two attached hydrogens (primary N) is 1. The van der Waals surface area contributed by atoms with Crippen LogP contribution in [-0.2, 0) is 11.3 Å². The summed E-state index contributed by atoms with van der Waals surface area (Å²) in [6.07, 6.45) is 3.98. The van der Waals surface area contributed by atoms with E-state index < -0.39 is 0 Å². The van der Waals surface area contributed by atoms with Crippen LogP contribution < -0.4 is 11.1 Å². The summed E-state index contributed by atoms with van der Waals surface area (Å²) < 4.78 is 1.82.